The van der Waals surface area contributed by atoms with E-state index in [0.29, 0.717) is 48.6 Å². The molecule has 1 aromatic heterocycles. The van der Waals surface area contributed by atoms with E-state index in [1.165, 1.54) is 42.0 Å². The number of benzene rings is 1. The molecule has 8 nitrogen and oxygen atoms in total. The van der Waals surface area contributed by atoms with Crippen molar-refractivity contribution in [3.8, 4) is 0 Å². The van der Waals surface area contributed by atoms with E-state index >= 15 is 0 Å². The zero-order valence-corrected chi connectivity index (χ0v) is 18.7. The Hall–Kier alpha value is -2.23. The van der Waals surface area contributed by atoms with Gasteiger partial charge in [0.05, 0.1) is 17.1 Å². The van der Waals surface area contributed by atoms with E-state index in [-0.39, 0.29) is 12.5 Å². The number of sulfonamides is 1. The lowest BCUT2D eigenvalue weighted by Gasteiger charge is -2.33. The Morgan fingerprint density at radius 3 is 2.39 bits per heavy atom. The van der Waals surface area contributed by atoms with Crippen molar-refractivity contribution in [1.29, 1.82) is 0 Å². The molecule has 1 saturated heterocycles. The summed E-state index contributed by atoms with van der Waals surface area (Å²) in [6.07, 6.45) is 6.20. The Kier molecular flexibility index (Phi) is 6.74. The van der Waals surface area contributed by atoms with Crippen LogP contribution in [0.15, 0.2) is 39.8 Å². The first-order valence-corrected chi connectivity index (χ1v) is 12.4. The van der Waals surface area contributed by atoms with Crippen molar-refractivity contribution in [3.05, 3.63) is 41.6 Å². The molecule has 0 bridgehead atoms. The summed E-state index contributed by atoms with van der Waals surface area (Å²) in [5.74, 6) is 0.673. The van der Waals surface area contributed by atoms with Gasteiger partial charge in [-0.3, -0.25) is 15.0 Å². The van der Waals surface area contributed by atoms with Crippen molar-refractivity contribution in [3.63, 3.8) is 0 Å². The second-order valence-corrected chi connectivity index (χ2v) is 10.4. The van der Waals surface area contributed by atoms with Crippen molar-refractivity contribution in [2.24, 2.45) is 0 Å². The van der Waals surface area contributed by atoms with Crippen LogP contribution in [0.2, 0.25) is 0 Å². The van der Waals surface area contributed by atoms with Crippen molar-refractivity contribution >= 4 is 21.8 Å². The van der Waals surface area contributed by atoms with Gasteiger partial charge in [-0.1, -0.05) is 36.6 Å². The Morgan fingerprint density at radius 1 is 1.10 bits per heavy atom. The van der Waals surface area contributed by atoms with Crippen LogP contribution in [0.25, 0.3) is 0 Å². The molecule has 0 atom stereocenters. The van der Waals surface area contributed by atoms with Gasteiger partial charge in [-0.05, 0) is 43.4 Å². The predicted octanol–water partition coefficient (Wildman–Crippen LogP) is 2.98. The number of hydrogen-bond donors (Lipinski definition) is 1. The van der Waals surface area contributed by atoms with Gasteiger partial charge in [-0.25, -0.2) is 8.42 Å². The number of hydrogen-bond acceptors (Lipinski definition) is 6. The molecule has 168 valence electrons. The summed E-state index contributed by atoms with van der Waals surface area (Å²) in [6.45, 7) is 3.69. The molecule has 0 radical (unpaired) electrons. The molecular formula is C22H30N4O4S. The summed E-state index contributed by atoms with van der Waals surface area (Å²) in [6, 6.07) is 9.11. The minimum absolute atomic E-state index is 0.184. The summed E-state index contributed by atoms with van der Waals surface area (Å²) in [5.41, 5.74) is 1.94. The first-order chi connectivity index (χ1) is 14.9. The van der Waals surface area contributed by atoms with Gasteiger partial charge >= 0.3 is 0 Å². The van der Waals surface area contributed by atoms with Crippen LogP contribution in [-0.4, -0.2) is 61.4 Å². The number of rotatable bonds is 6. The zero-order chi connectivity index (χ0) is 21.8. The van der Waals surface area contributed by atoms with Crippen LogP contribution < -0.4 is 5.32 Å². The average molecular weight is 447 g/mol. The lowest BCUT2D eigenvalue weighted by molar-refractivity contribution is -0.117. The van der Waals surface area contributed by atoms with E-state index in [9.17, 15) is 13.2 Å². The lowest BCUT2D eigenvalue weighted by atomic mass is 9.84. The largest absolute Gasteiger partial charge is 0.338 e. The minimum Gasteiger partial charge on any atom is -0.338 e. The predicted molar refractivity (Wildman–Crippen MR) is 117 cm³/mol. The molecule has 2 heterocycles. The van der Waals surface area contributed by atoms with Crippen molar-refractivity contribution in [2.75, 3.05) is 38.0 Å². The first-order valence-electron chi connectivity index (χ1n) is 11.0. The van der Waals surface area contributed by atoms with Gasteiger partial charge in [0.2, 0.25) is 21.8 Å². The number of nitrogens with one attached hydrogen (secondary N) is 1. The van der Waals surface area contributed by atoms with Crippen LogP contribution in [0.4, 0.5) is 5.88 Å². The minimum atomic E-state index is -3.52. The number of nitrogens with zero attached hydrogens (tertiary/aromatic N) is 3. The zero-order valence-electron chi connectivity index (χ0n) is 17.9. The Labute approximate surface area is 183 Å². The molecule has 1 amide bonds. The summed E-state index contributed by atoms with van der Waals surface area (Å²) < 4.78 is 32.6. The van der Waals surface area contributed by atoms with Crippen molar-refractivity contribution in [2.45, 2.75) is 49.8 Å². The number of piperazine rings is 1. The number of anilines is 1. The highest BCUT2D eigenvalue weighted by Gasteiger charge is 2.29. The normalized spacial score (nSPS) is 19.4. The van der Waals surface area contributed by atoms with E-state index in [4.69, 9.17) is 4.52 Å². The summed E-state index contributed by atoms with van der Waals surface area (Å²) in [7, 11) is -3.52. The van der Waals surface area contributed by atoms with Crippen LogP contribution in [0, 0.1) is 6.92 Å². The van der Waals surface area contributed by atoms with E-state index in [2.05, 4.69) is 10.5 Å². The maximum atomic E-state index is 13.1. The molecule has 1 saturated carbocycles. The molecule has 2 aromatic rings. The molecular weight excluding hydrogens is 416 g/mol. The molecule has 0 unspecified atom stereocenters. The maximum Gasteiger partial charge on any atom is 0.243 e. The fourth-order valence-corrected chi connectivity index (χ4v) is 5.85. The van der Waals surface area contributed by atoms with E-state index in [0.717, 1.165) is 0 Å². The van der Waals surface area contributed by atoms with E-state index < -0.39 is 10.0 Å². The standard InChI is InChI=1S/C22H30N4O4S/c1-17-15-22(30-24-17)23-21(27)16-25-11-13-26(14-12-25)31(28,29)20-9-7-19(8-10-20)18-5-3-2-4-6-18/h7-10,15,18H,2-6,11-14,16H2,1H3,(H,23,27). The van der Waals surface area contributed by atoms with Gasteiger partial charge in [0.25, 0.3) is 0 Å². The fourth-order valence-electron chi connectivity index (χ4n) is 4.43. The van der Waals surface area contributed by atoms with Crippen LogP contribution in [0.5, 0.6) is 0 Å². The summed E-state index contributed by atoms with van der Waals surface area (Å²) >= 11 is 0. The molecule has 2 aliphatic rings. The van der Waals surface area contributed by atoms with Crippen molar-refractivity contribution in [1.82, 2.24) is 14.4 Å². The Bertz CT molecular complexity index is 989. The third-order valence-electron chi connectivity index (χ3n) is 6.18. The fraction of sp³-hybridized carbons (Fsp3) is 0.545. The average Bonchev–Trinajstić information content (AvgIpc) is 3.19. The molecule has 2 fully saturated rings. The highest BCUT2D eigenvalue weighted by molar-refractivity contribution is 7.89. The van der Waals surface area contributed by atoms with Crippen LogP contribution in [0.3, 0.4) is 0 Å². The molecule has 1 aliphatic carbocycles. The van der Waals surface area contributed by atoms with Crippen LogP contribution in [-0.2, 0) is 14.8 Å². The Morgan fingerprint density at radius 2 is 1.77 bits per heavy atom. The number of aromatic nitrogens is 1. The van der Waals surface area contributed by atoms with E-state index in [1.807, 2.05) is 17.0 Å². The Balaban J connectivity index is 1.30. The number of carbonyl (C=O) groups is 1. The van der Waals surface area contributed by atoms with Gasteiger partial charge in [-0.15, -0.1) is 0 Å². The maximum absolute atomic E-state index is 13.1. The van der Waals surface area contributed by atoms with Gasteiger partial charge in [0, 0.05) is 32.2 Å². The van der Waals surface area contributed by atoms with Gasteiger partial charge in [0.1, 0.15) is 0 Å². The second-order valence-electron chi connectivity index (χ2n) is 8.46. The SMILES string of the molecule is Cc1cc(NC(=O)CN2CCN(S(=O)(=O)c3ccc(C4CCCCC4)cc3)CC2)on1. The molecule has 31 heavy (non-hydrogen) atoms. The van der Waals surface area contributed by atoms with Gasteiger partial charge in [0.15, 0.2) is 0 Å². The highest BCUT2D eigenvalue weighted by Crippen LogP contribution is 2.33. The number of amides is 1. The highest BCUT2D eigenvalue weighted by atomic mass is 32.2. The summed E-state index contributed by atoms with van der Waals surface area (Å²) in [4.78, 5) is 14.5. The third kappa shape index (κ3) is 5.34. The van der Waals surface area contributed by atoms with Gasteiger partial charge in [-0.2, -0.15) is 4.31 Å². The molecule has 1 aliphatic heterocycles. The van der Waals surface area contributed by atoms with Crippen LogP contribution >= 0.6 is 0 Å². The monoisotopic (exact) mass is 446 g/mol. The molecule has 1 N–H and O–H groups in total. The number of aryl methyl sites for hydroxylation is 1. The molecule has 9 heteroatoms. The third-order valence-corrected chi connectivity index (χ3v) is 8.10. The quantitative estimate of drug-likeness (QED) is 0.733. The smallest absolute Gasteiger partial charge is 0.243 e. The second kappa shape index (κ2) is 9.50. The lowest BCUT2D eigenvalue weighted by Crippen LogP contribution is -2.50. The molecule has 1 aromatic carbocycles. The topological polar surface area (TPSA) is 95.8 Å². The number of carbonyl (C=O) groups excluding carboxylic acids is 1. The van der Waals surface area contributed by atoms with Gasteiger partial charge < -0.3 is 4.52 Å². The molecule has 4 rings (SSSR count). The summed E-state index contributed by atoms with van der Waals surface area (Å²) in [5, 5.41) is 6.41. The molecule has 0 spiro atoms. The first kappa shape index (κ1) is 22.0. The van der Waals surface area contributed by atoms with Crippen LogP contribution in [0.1, 0.15) is 49.3 Å². The van der Waals surface area contributed by atoms with Crippen molar-refractivity contribution < 1.29 is 17.7 Å². The van der Waals surface area contributed by atoms with E-state index in [1.54, 1.807) is 25.1 Å².